The summed E-state index contributed by atoms with van der Waals surface area (Å²) in [6.07, 6.45) is 0.945. The molecule has 1 aromatic carbocycles. The van der Waals surface area contributed by atoms with Gasteiger partial charge < -0.3 is 5.32 Å². The van der Waals surface area contributed by atoms with Crippen LogP contribution < -0.4 is 5.32 Å². The Balaban J connectivity index is 1.54. The Morgan fingerprint density at radius 2 is 2.15 bits per heavy atom. The van der Waals surface area contributed by atoms with Gasteiger partial charge in [0, 0.05) is 16.3 Å². The van der Waals surface area contributed by atoms with Gasteiger partial charge in [0.2, 0.25) is 5.91 Å². The van der Waals surface area contributed by atoms with Gasteiger partial charge in [-0.15, -0.1) is 22.7 Å². The van der Waals surface area contributed by atoms with Crippen LogP contribution in [0.15, 0.2) is 47.2 Å². The molecule has 3 nitrogen and oxygen atoms in total. The average Bonchev–Trinajstić information content (AvgIpc) is 3.28. The molecule has 0 radical (unpaired) electrons. The van der Waals surface area contributed by atoms with Crippen LogP contribution in [0.4, 0.5) is 10.1 Å². The summed E-state index contributed by atoms with van der Waals surface area (Å²) in [7, 11) is 0. The maximum Gasteiger partial charge on any atom is 0.238 e. The van der Waals surface area contributed by atoms with E-state index in [-0.39, 0.29) is 24.2 Å². The van der Waals surface area contributed by atoms with Gasteiger partial charge in [-0.25, -0.2) is 4.39 Å². The lowest BCUT2D eigenvalue weighted by molar-refractivity contribution is -0.117. The van der Waals surface area contributed by atoms with Gasteiger partial charge in [0.25, 0.3) is 0 Å². The molecular formula is C20H19FN2OS2. The summed E-state index contributed by atoms with van der Waals surface area (Å²) in [6.45, 7) is 2.89. The number of benzene rings is 1. The number of hydrogen-bond acceptors (Lipinski definition) is 4. The normalized spacial score (nSPS) is 17.1. The summed E-state index contributed by atoms with van der Waals surface area (Å²) >= 11 is 3.49. The van der Waals surface area contributed by atoms with Crippen molar-refractivity contribution in [1.29, 1.82) is 0 Å². The summed E-state index contributed by atoms with van der Waals surface area (Å²) in [5, 5.41) is 6.91. The largest absolute Gasteiger partial charge is 0.322 e. The molecule has 0 spiro atoms. The molecule has 3 heterocycles. The Morgan fingerprint density at radius 3 is 2.92 bits per heavy atom. The van der Waals surface area contributed by atoms with Gasteiger partial charge in [-0.1, -0.05) is 12.1 Å². The minimum atomic E-state index is -0.396. The lowest BCUT2D eigenvalue weighted by Crippen LogP contribution is -2.40. The number of hydrogen-bond donors (Lipinski definition) is 1. The number of aryl methyl sites for hydroxylation is 1. The first-order chi connectivity index (χ1) is 12.6. The minimum absolute atomic E-state index is 0.0959. The number of rotatable bonds is 4. The maximum atomic E-state index is 14.0. The van der Waals surface area contributed by atoms with Crippen molar-refractivity contribution in [2.75, 3.05) is 18.4 Å². The molecule has 1 atom stereocenters. The van der Waals surface area contributed by atoms with Gasteiger partial charge in [0.1, 0.15) is 5.82 Å². The zero-order chi connectivity index (χ0) is 18.1. The van der Waals surface area contributed by atoms with E-state index in [2.05, 4.69) is 33.1 Å². The molecule has 1 N–H and O–H groups in total. The highest BCUT2D eigenvalue weighted by Crippen LogP contribution is 2.39. The number of amides is 1. The lowest BCUT2D eigenvalue weighted by atomic mass is 9.98. The fourth-order valence-electron chi connectivity index (χ4n) is 3.41. The van der Waals surface area contributed by atoms with Gasteiger partial charge in [-0.05, 0) is 59.5 Å². The fraction of sp³-hybridized carbons (Fsp3) is 0.250. The SMILES string of the molecule is Cc1ccc(NC(=O)CN2CCc3sccc3[C@@H]2c2cccs2)c(F)c1. The summed E-state index contributed by atoms with van der Waals surface area (Å²) < 4.78 is 14.0. The molecule has 0 saturated heterocycles. The first kappa shape index (κ1) is 17.4. The van der Waals surface area contributed by atoms with Gasteiger partial charge in [0.05, 0.1) is 18.3 Å². The van der Waals surface area contributed by atoms with E-state index in [9.17, 15) is 9.18 Å². The van der Waals surface area contributed by atoms with E-state index < -0.39 is 5.82 Å². The van der Waals surface area contributed by atoms with Crippen LogP contribution in [0.25, 0.3) is 0 Å². The van der Waals surface area contributed by atoms with E-state index in [1.807, 2.05) is 13.0 Å². The molecule has 0 fully saturated rings. The third-order valence-electron chi connectivity index (χ3n) is 4.62. The molecule has 3 aromatic rings. The van der Waals surface area contributed by atoms with E-state index >= 15 is 0 Å². The molecule has 2 aromatic heterocycles. The molecule has 4 rings (SSSR count). The van der Waals surface area contributed by atoms with Crippen LogP contribution in [0.2, 0.25) is 0 Å². The Labute approximate surface area is 160 Å². The number of nitrogens with one attached hydrogen (secondary N) is 1. The monoisotopic (exact) mass is 386 g/mol. The number of fused-ring (bicyclic) bond motifs is 1. The zero-order valence-corrected chi connectivity index (χ0v) is 16.0. The van der Waals surface area contributed by atoms with E-state index in [1.165, 1.54) is 21.4 Å². The smallest absolute Gasteiger partial charge is 0.238 e. The third kappa shape index (κ3) is 3.45. The highest BCUT2D eigenvalue weighted by atomic mass is 32.1. The Hall–Kier alpha value is -2.02. The molecule has 134 valence electrons. The van der Waals surface area contributed by atoms with E-state index in [0.717, 1.165) is 18.5 Å². The predicted molar refractivity (Wildman–Crippen MR) is 106 cm³/mol. The Kier molecular flexibility index (Phi) is 4.89. The van der Waals surface area contributed by atoms with Crippen LogP contribution in [0.3, 0.4) is 0 Å². The Bertz CT molecular complexity index is 920. The molecule has 0 aliphatic carbocycles. The van der Waals surface area contributed by atoms with E-state index in [4.69, 9.17) is 0 Å². The van der Waals surface area contributed by atoms with Crippen LogP contribution in [0.5, 0.6) is 0 Å². The number of thiophene rings is 2. The summed E-state index contributed by atoms with van der Waals surface area (Å²) in [4.78, 5) is 17.4. The van der Waals surface area contributed by atoms with Crippen molar-refractivity contribution in [2.24, 2.45) is 0 Å². The van der Waals surface area contributed by atoms with Gasteiger partial charge in [0.15, 0.2) is 0 Å². The van der Waals surface area contributed by atoms with Crippen LogP contribution in [0.1, 0.15) is 26.9 Å². The number of carbonyl (C=O) groups excluding carboxylic acids is 1. The quantitative estimate of drug-likeness (QED) is 0.696. The van der Waals surface area contributed by atoms with E-state index in [1.54, 1.807) is 34.8 Å². The van der Waals surface area contributed by atoms with Crippen molar-refractivity contribution in [3.63, 3.8) is 0 Å². The van der Waals surface area contributed by atoms with Crippen LogP contribution in [0, 0.1) is 12.7 Å². The van der Waals surface area contributed by atoms with E-state index in [0.29, 0.717) is 0 Å². The molecule has 1 aliphatic rings. The highest BCUT2D eigenvalue weighted by Gasteiger charge is 2.31. The standard InChI is InChI=1S/C20H19FN2OS2/c1-13-4-5-16(15(21)11-13)22-19(24)12-23-8-6-17-14(7-10-26-17)20(23)18-3-2-9-25-18/h2-5,7,9-11,20H,6,8,12H2,1H3,(H,22,24)/t20-/m1/s1. The summed E-state index contributed by atoms with van der Waals surface area (Å²) in [5.74, 6) is -0.583. The minimum Gasteiger partial charge on any atom is -0.322 e. The highest BCUT2D eigenvalue weighted by molar-refractivity contribution is 7.10. The van der Waals surface area contributed by atoms with Crippen molar-refractivity contribution in [3.8, 4) is 0 Å². The number of anilines is 1. The number of carbonyl (C=O) groups is 1. The van der Waals surface area contributed by atoms with Crippen molar-refractivity contribution >= 4 is 34.3 Å². The zero-order valence-electron chi connectivity index (χ0n) is 14.4. The molecule has 0 bridgehead atoms. The lowest BCUT2D eigenvalue weighted by Gasteiger charge is -2.34. The first-order valence-corrected chi connectivity index (χ1v) is 10.3. The molecule has 26 heavy (non-hydrogen) atoms. The van der Waals surface area contributed by atoms with Crippen LogP contribution >= 0.6 is 22.7 Å². The molecule has 0 unspecified atom stereocenters. The summed E-state index contributed by atoms with van der Waals surface area (Å²) in [6, 6.07) is 11.3. The number of halogens is 1. The summed E-state index contributed by atoms with van der Waals surface area (Å²) in [5.41, 5.74) is 2.36. The molecule has 1 amide bonds. The predicted octanol–water partition coefficient (Wildman–Crippen LogP) is 4.84. The Morgan fingerprint density at radius 1 is 1.27 bits per heavy atom. The maximum absolute atomic E-state index is 14.0. The van der Waals surface area contributed by atoms with Crippen molar-refractivity contribution in [3.05, 3.63) is 73.9 Å². The van der Waals surface area contributed by atoms with Gasteiger partial charge in [-0.3, -0.25) is 9.69 Å². The molecule has 0 saturated carbocycles. The average molecular weight is 387 g/mol. The molecule has 6 heteroatoms. The fourth-order valence-corrected chi connectivity index (χ4v) is 5.19. The second kappa shape index (κ2) is 7.31. The van der Waals surface area contributed by atoms with Crippen LogP contribution in [-0.2, 0) is 11.2 Å². The van der Waals surface area contributed by atoms with Crippen LogP contribution in [-0.4, -0.2) is 23.9 Å². The second-order valence-electron chi connectivity index (χ2n) is 6.47. The topological polar surface area (TPSA) is 32.3 Å². The number of nitrogens with zero attached hydrogens (tertiary/aromatic N) is 1. The van der Waals surface area contributed by atoms with Crippen molar-refractivity contribution in [1.82, 2.24) is 4.90 Å². The first-order valence-electron chi connectivity index (χ1n) is 8.51. The second-order valence-corrected chi connectivity index (χ2v) is 8.45. The van der Waals surface area contributed by atoms with Gasteiger partial charge in [-0.2, -0.15) is 0 Å². The van der Waals surface area contributed by atoms with Gasteiger partial charge >= 0.3 is 0 Å². The van der Waals surface area contributed by atoms with Crippen molar-refractivity contribution < 1.29 is 9.18 Å². The third-order valence-corrected chi connectivity index (χ3v) is 6.54. The van der Waals surface area contributed by atoms with Crippen molar-refractivity contribution in [2.45, 2.75) is 19.4 Å². The molecule has 1 aliphatic heterocycles. The molecular weight excluding hydrogens is 367 g/mol.